The number of amidine groups is 1. The minimum atomic E-state index is 0.0138. The van der Waals surface area contributed by atoms with Gasteiger partial charge in [0.25, 0.3) is 0 Å². The molecule has 0 aromatic carbocycles. The normalized spacial score (nSPS) is 16.9. The van der Waals surface area contributed by atoms with Gasteiger partial charge >= 0.3 is 0 Å². The zero-order valence-corrected chi connectivity index (χ0v) is 12.2. The van der Waals surface area contributed by atoms with Crippen molar-refractivity contribution < 1.29 is 5.21 Å². The molecule has 1 aliphatic rings. The van der Waals surface area contributed by atoms with Gasteiger partial charge in [-0.2, -0.15) is 0 Å². The Morgan fingerprint density at radius 1 is 1.40 bits per heavy atom. The van der Waals surface area contributed by atoms with Crippen LogP contribution in [0.25, 0.3) is 0 Å². The summed E-state index contributed by atoms with van der Waals surface area (Å²) in [4.78, 5) is 10.9. The van der Waals surface area contributed by atoms with Crippen LogP contribution in [0.2, 0.25) is 0 Å². The van der Waals surface area contributed by atoms with Crippen molar-refractivity contribution in [2.45, 2.75) is 45.6 Å². The number of aromatic nitrogens is 2. The summed E-state index contributed by atoms with van der Waals surface area (Å²) in [5, 5.41) is 12.0. The molecule has 1 aromatic rings. The van der Waals surface area contributed by atoms with Crippen LogP contribution >= 0.6 is 0 Å². The van der Waals surface area contributed by atoms with E-state index in [1.165, 1.54) is 25.7 Å². The van der Waals surface area contributed by atoms with Crippen molar-refractivity contribution >= 4 is 11.7 Å². The van der Waals surface area contributed by atoms with Crippen molar-refractivity contribution in [3.05, 3.63) is 18.1 Å². The van der Waals surface area contributed by atoms with E-state index in [0.29, 0.717) is 17.7 Å². The molecule has 0 unspecified atom stereocenters. The molecule has 6 heteroatoms. The summed E-state index contributed by atoms with van der Waals surface area (Å²) in [5.74, 6) is 1.25. The molecule has 0 bridgehead atoms. The molecule has 0 amide bonds. The first-order valence-electron chi connectivity index (χ1n) is 7.19. The van der Waals surface area contributed by atoms with E-state index < -0.39 is 0 Å². The van der Waals surface area contributed by atoms with Gasteiger partial charge in [0, 0.05) is 25.0 Å². The van der Waals surface area contributed by atoms with Gasteiger partial charge in [-0.3, -0.25) is 0 Å². The maximum atomic E-state index is 8.92. The Morgan fingerprint density at radius 2 is 2.05 bits per heavy atom. The SMILES string of the molecule is CC(C)CN(c1nccnc1C(N)=NO)C1CCCC1. The van der Waals surface area contributed by atoms with Gasteiger partial charge < -0.3 is 15.8 Å². The molecule has 1 aromatic heterocycles. The summed E-state index contributed by atoms with van der Waals surface area (Å²) < 4.78 is 0. The highest BCUT2D eigenvalue weighted by atomic mass is 16.4. The summed E-state index contributed by atoms with van der Waals surface area (Å²) in [6.07, 6.45) is 8.06. The van der Waals surface area contributed by atoms with Gasteiger partial charge in [-0.15, -0.1) is 0 Å². The Hall–Kier alpha value is -1.85. The van der Waals surface area contributed by atoms with Gasteiger partial charge in [-0.1, -0.05) is 31.8 Å². The average Bonchev–Trinajstić information content (AvgIpc) is 2.97. The number of nitrogens with zero attached hydrogens (tertiary/aromatic N) is 4. The number of nitrogens with two attached hydrogens (primary N) is 1. The molecule has 2 rings (SSSR count). The monoisotopic (exact) mass is 277 g/mol. The highest BCUT2D eigenvalue weighted by molar-refractivity contribution is 5.99. The van der Waals surface area contributed by atoms with Crippen molar-refractivity contribution in [3.8, 4) is 0 Å². The average molecular weight is 277 g/mol. The van der Waals surface area contributed by atoms with Gasteiger partial charge in [0.05, 0.1) is 0 Å². The van der Waals surface area contributed by atoms with E-state index in [1.807, 2.05) is 0 Å². The Labute approximate surface area is 119 Å². The lowest BCUT2D eigenvalue weighted by molar-refractivity contribution is 0.318. The molecule has 1 fully saturated rings. The first-order valence-corrected chi connectivity index (χ1v) is 7.19. The number of rotatable bonds is 5. The minimum absolute atomic E-state index is 0.0138. The second kappa shape index (κ2) is 6.54. The van der Waals surface area contributed by atoms with Crippen LogP contribution < -0.4 is 10.6 Å². The third-order valence-electron chi connectivity index (χ3n) is 3.63. The van der Waals surface area contributed by atoms with Crippen LogP contribution in [0.5, 0.6) is 0 Å². The fourth-order valence-electron chi connectivity index (χ4n) is 2.79. The van der Waals surface area contributed by atoms with E-state index >= 15 is 0 Å². The fourth-order valence-corrected chi connectivity index (χ4v) is 2.79. The van der Waals surface area contributed by atoms with Gasteiger partial charge in [0.15, 0.2) is 17.3 Å². The standard InChI is InChI=1S/C14H23N5O/c1-10(2)9-19(11-5-3-4-6-11)14-12(13(15)18-20)16-7-8-17-14/h7-8,10-11,20H,3-6,9H2,1-2H3,(H2,15,18). The van der Waals surface area contributed by atoms with Crippen LogP contribution in [-0.4, -0.2) is 33.6 Å². The first kappa shape index (κ1) is 14.6. The molecule has 1 heterocycles. The molecule has 0 radical (unpaired) electrons. The topological polar surface area (TPSA) is 87.6 Å². The molecule has 1 saturated carbocycles. The van der Waals surface area contributed by atoms with Crippen LogP contribution in [0.4, 0.5) is 5.82 Å². The van der Waals surface area contributed by atoms with Crippen LogP contribution in [0.15, 0.2) is 17.5 Å². The summed E-state index contributed by atoms with van der Waals surface area (Å²) in [5.41, 5.74) is 6.19. The van der Waals surface area contributed by atoms with Gasteiger partial charge in [0.2, 0.25) is 0 Å². The third kappa shape index (κ3) is 3.18. The molecule has 6 nitrogen and oxygen atoms in total. The van der Waals surface area contributed by atoms with Gasteiger partial charge in [0.1, 0.15) is 0 Å². The van der Waals surface area contributed by atoms with Crippen molar-refractivity contribution in [1.29, 1.82) is 0 Å². The van der Waals surface area contributed by atoms with E-state index in [-0.39, 0.29) is 5.84 Å². The predicted octanol–water partition coefficient (Wildman–Crippen LogP) is 1.98. The number of hydrogen-bond acceptors (Lipinski definition) is 5. The largest absolute Gasteiger partial charge is 0.409 e. The van der Waals surface area contributed by atoms with Crippen LogP contribution in [0.3, 0.4) is 0 Å². The number of oxime groups is 1. The van der Waals surface area contributed by atoms with E-state index in [2.05, 4.69) is 33.9 Å². The van der Waals surface area contributed by atoms with Crippen LogP contribution in [-0.2, 0) is 0 Å². The molecule has 0 atom stereocenters. The second-order valence-corrected chi connectivity index (χ2v) is 5.70. The van der Waals surface area contributed by atoms with Gasteiger partial charge in [-0.25, -0.2) is 9.97 Å². The molecule has 1 aliphatic carbocycles. The quantitative estimate of drug-likeness (QED) is 0.372. The van der Waals surface area contributed by atoms with E-state index in [4.69, 9.17) is 10.9 Å². The smallest absolute Gasteiger partial charge is 0.192 e. The molecule has 3 N–H and O–H groups in total. The Kier molecular flexibility index (Phi) is 4.76. The maximum Gasteiger partial charge on any atom is 0.192 e. The molecule has 0 saturated heterocycles. The minimum Gasteiger partial charge on any atom is -0.409 e. The summed E-state index contributed by atoms with van der Waals surface area (Å²) >= 11 is 0. The lowest BCUT2D eigenvalue weighted by atomic mass is 10.1. The Bertz CT molecular complexity index is 468. The summed E-state index contributed by atoms with van der Waals surface area (Å²) in [6, 6.07) is 0.472. The molecular formula is C14H23N5O. The van der Waals surface area contributed by atoms with E-state index in [0.717, 1.165) is 12.4 Å². The lowest BCUT2D eigenvalue weighted by Gasteiger charge is -2.32. The number of hydrogen-bond donors (Lipinski definition) is 2. The molecule has 0 aliphatic heterocycles. The Morgan fingerprint density at radius 3 is 2.65 bits per heavy atom. The van der Waals surface area contributed by atoms with Crippen molar-refractivity contribution in [2.75, 3.05) is 11.4 Å². The fraction of sp³-hybridized carbons (Fsp3) is 0.643. The highest BCUT2D eigenvalue weighted by Crippen LogP contribution is 2.29. The molecule has 0 spiro atoms. The molecular weight excluding hydrogens is 254 g/mol. The summed E-state index contributed by atoms with van der Waals surface area (Å²) in [6.45, 7) is 5.26. The van der Waals surface area contributed by atoms with Crippen LogP contribution in [0.1, 0.15) is 45.2 Å². The number of anilines is 1. The molecule has 20 heavy (non-hydrogen) atoms. The van der Waals surface area contributed by atoms with Crippen molar-refractivity contribution in [1.82, 2.24) is 9.97 Å². The first-order chi connectivity index (χ1) is 9.63. The zero-order chi connectivity index (χ0) is 14.5. The third-order valence-corrected chi connectivity index (χ3v) is 3.63. The summed E-state index contributed by atoms with van der Waals surface area (Å²) in [7, 11) is 0. The van der Waals surface area contributed by atoms with Crippen molar-refractivity contribution in [2.24, 2.45) is 16.8 Å². The predicted molar refractivity (Wildman–Crippen MR) is 79.0 cm³/mol. The van der Waals surface area contributed by atoms with Crippen molar-refractivity contribution in [3.63, 3.8) is 0 Å². The highest BCUT2D eigenvalue weighted by Gasteiger charge is 2.27. The Balaban J connectivity index is 2.37. The van der Waals surface area contributed by atoms with E-state index in [9.17, 15) is 0 Å². The van der Waals surface area contributed by atoms with Gasteiger partial charge in [-0.05, 0) is 18.8 Å². The van der Waals surface area contributed by atoms with Crippen LogP contribution in [0, 0.1) is 5.92 Å². The second-order valence-electron chi connectivity index (χ2n) is 5.70. The zero-order valence-electron chi connectivity index (χ0n) is 12.2. The maximum absolute atomic E-state index is 8.92. The van der Waals surface area contributed by atoms with E-state index in [1.54, 1.807) is 12.4 Å². The molecule has 110 valence electrons. The lowest BCUT2D eigenvalue weighted by Crippen LogP contribution is -2.38.